The van der Waals surface area contributed by atoms with Crippen LogP contribution in [0.15, 0.2) is 18.2 Å². The van der Waals surface area contributed by atoms with E-state index >= 15 is 0 Å². The molecule has 1 aliphatic heterocycles. The maximum atomic E-state index is 6.03. The molecule has 2 nitrogen and oxygen atoms in total. The van der Waals surface area contributed by atoms with E-state index in [0.717, 1.165) is 24.7 Å². The molecule has 1 aliphatic rings. The third-order valence-corrected chi connectivity index (χ3v) is 4.12. The van der Waals surface area contributed by atoms with Gasteiger partial charge in [-0.1, -0.05) is 24.6 Å². The van der Waals surface area contributed by atoms with Crippen LogP contribution in [-0.4, -0.2) is 24.5 Å². The number of benzene rings is 1. The standard InChI is InChI=1S/C14H21ClN2/c1-3-17-7-6-11(9-16)14(17)13-5-4-12(15)8-10(13)2/h4-5,8,11,14H,3,6-7,9,16H2,1-2H3. The highest BCUT2D eigenvalue weighted by Gasteiger charge is 2.33. The first-order valence-corrected chi connectivity index (χ1v) is 6.75. The van der Waals surface area contributed by atoms with Crippen molar-refractivity contribution in [3.63, 3.8) is 0 Å². The van der Waals surface area contributed by atoms with E-state index in [4.69, 9.17) is 17.3 Å². The van der Waals surface area contributed by atoms with Gasteiger partial charge in [-0.15, -0.1) is 0 Å². The lowest BCUT2D eigenvalue weighted by Crippen LogP contribution is -2.28. The summed E-state index contributed by atoms with van der Waals surface area (Å²) < 4.78 is 0. The number of rotatable bonds is 3. The Bertz CT molecular complexity index is 380. The van der Waals surface area contributed by atoms with Gasteiger partial charge in [-0.3, -0.25) is 4.90 Å². The zero-order valence-electron chi connectivity index (χ0n) is 10.6. The van der Waals surface area contributed by atoms with Crippen LogP contribution in [0.3, 0.4) is 0 Å². The van der Waals surface area contributed by atoms with E-state index in [1.54, 1.807) is 0 Å². The van der Waals surface area contributed by atoms with Crippen molar-refractivity contribution in [2.24, 2.45) is 11.7 Å². The molecule has 0 bridgehead atoms. The van der Waals surface area contributed by atoms with Gasteiger partial charge in [-0.25, -0.2) is 0 Å². The molecule has 2 unspecified atom stereocenters. The number of nitrogens with zero attached hydrogens (tertiary/aromatic N) is 1. The molecule has 2 rings (SSSR count). The molecule has 0 radical (unpaired) electrons. The summed E-state index contributed by atoms with van der Waals surface area (Å²) in [6.45, 7) is 7.37. The highest BCUT2D eigenvalue weighted by atomic mass is 35.5. The molecule has 2 atom stereocenters. The van der Waals surface area contributed by atoms with Crippen molar-refractivity contribution in [2.75, 3.05) is 19.6 Å². The Balaban J connectivity index is 2.34. The minimum Gasteiger partial charge on any atom is -0.330 e. The van der Waals surface area contributed by atoms with Crippen molar-refractivity contribution in [2.45, 2.75) is 26.3 Å². The van der Waals surface area contributed by atoms with Crippen LogP contribution in [0.25, 0.3) is 0 Å². The fourth-order valence-corrected chi connectivity index (χ4v) is 3.18. The van der Waals surface area contributed by atoms with Crippen LogP contribution in [0, 0.1) is 12.8 Å². The molecular formula is C14H21ClN2. The van der Waals surface area contributed by atoms with Crippen LogP contribution >= 0.6 is 11.6 Å². The van der Waals surface area contributed by atoms with Crippen molar-refractivity contribution in [3.8, 4) is 0 Å². The number of aryl methyl sites for hydroxylation is 1. The SMILES string of the molecule is CCN1CCC(CN)C1c1ccc(Cl)cc1C. The van der Waals surface area contributed by atoms with Crippen LogP contribution in [0.1, 0.15) is 30.5 Å². The fourth-order valence-electron chi connectivity index (χ4n) is 2.95. The van der Waals surface area contributed by atoms with E-state index in [-0.39, 0.29) is 0 Å². The Kier molecular flexibility index (Phi) is 4.08. The second-order valence-electron chi connectivity index (χ2n) is 4.86. The van der Waals surface area contributed by atoms with E-state index in [0.29, 0.717) is 12.0 Å². The summed E-state index contributed by atoms with van der Waals surface area (Å²) in [5.41, 5.74) is 8.58. The molecule has 0 amide bonds. The van der Waals surface area contributed by atoms with Gasteiger partial charge in [0.1, 0.15) is 0 Å². The quantitative estimate of drug-likeness (QED) is 0.896. The second-order valence-corrected chi connectivity index (χ2v) is 5.30. The zero-order chi connectivity index (χ0) is 12.4. The smallest absolute Gasteiger partial charge is 0.0408 e. The number of hydrogen-bond acceptors (Lipinski definition) is 2. The summed E-state index contributed by atoms with van der Waals surface area (Å²) in [6.07, 6.45) is 1.21. The second kappa shape index (κ2) is 5.38. The van der Waals surface area contributed by atoms with Gasteiger partial charge in [0, 0.05) is 11.1 Å². The first kappa shape index (κ1) is 12.9. The van der Waals surface area contributed by atoms with Crippen LogP contribution in [0.4, 0.5) is 0 Å². The molecule has 1 heterocycles. The van der Waals surface area contributed by atoms with Crippen molar-refractivity contribution >= 4 is 11.6 Å². The summed E-state index contributed by atoms with van der Waals surface area (Å²) in [5.74, 6) is 0.579. The van der Waals surface area contributed by atoms with Crippen molar-refractivity contribution in [3.05, 3.63) is 34.3 Å². The zero-order valence-corrected chi connectivity index (χ0v) is 11.4. The molecule has 0 spiro atoms. The van der Waals surface area contributed by atoms with Crippen molar-refractivity contribution in [1.82, 2.24) is 4.90 Å². The topological polar surface area (TPSA) is 29.3 Å². The first-order chi connectivity index (χ1) is 8.17. The Hall–Kier alpha value is -0.570. The monoisotopic (exact) mass is 252 g/mol. The van der Waals surface area contributed by atoms with Crippen LogP contribution in [0.2, 0.25) is 5.02 Å². The molecule has 2 N–H and O–H groups in total. The maximum absolute atomic E-state index is 6.03. The first-order valence-electron chi connectivity index (χ1n) is 6.37. The van der Waals surface area contributed by atoms with E-state index in [1.165, 1.54) is 17.5 Å². The Morgan fingerprint density at radius 3 is 2.82 bits per heavy atom. The Labute approximate surface area is 109 Å². The molecule has 17 heavy (non-hydrogen) atoms. The molecule has 1 fully saturated rings. The lowest BCUT2D eigenvalue weighted by Gasteiger charge is -2.28. The molecule has 94 valence electrons. The Morgan fingerprint density at radius 2 is 2.24 bits per heavy atom. The normalized spacial score (nSPS) is 25.4. The number of likely N-dealkylation sites (tertiary alicyclic amines) is 1. The maximum Gasteiger partial charge on any atom is 0.0408 e. The van der Waals surface area contributed by atoms with Crippen molar-refractivity contribution < 1.29 is 0 Å². The van der Waals surface area contributed by atoms with Gasteiger partial charge in [-0.2, -0.15) is 0 Å². The van der Waals surface area contributed by atoms with Gasteiger partial charge >= 0.3 is 0 Å². The summed E-state index contributed by atoms with van der Waals surface area (Å²) in [6, 6.07) is 6.68. The number of hydrogen-bond donors (Lipinski definition) is 1. The lowest BCUT2D eigenvalue weighted by molar-refractivity contribution is 0.241. The third-order valence-electron chi connectivity index (χ3n) is 3.89. The molecule has 1 aromatic carbocycles. The van der Waals surface area contributed by atoms with Crippen LogP contribution in [-0.2, 0) is 0 Å². The molecule has 1 aromatic rings. The summed E-state index contributed by atoms with van der Waals surface area (Å²) in [4.78, 5) is 2.52. The number of halogens is 1. The molecule has 0 saturated carbocycles. The Morgan fingerprint density at radius 1 is 1.47 bits per heavy atom. The fraction of sp³-hybridized carbons (Fsp3) is 0.571. The van der Waals surface area contributed by atoms with E-state index in [1.807, 2.05) is 6.07 Å². The summed E-state index contributed by atoms with van der Waals surface area (Å²) >= 11 is 6.03. The molecule has 0 aliphatic carbocycles. The molecule has 0 aromatic heterocycles. The van der Waals surface area contributed by atoms with Gasteiger partial charge in [0.2, 0.25) is 0 Å². The molecule has 1 saturated heterocycles. The van der Waals surface area contributed by atoms with Crippen LogP contribution < -0.4 is 5.73 Å². The van der Waals surface area contributed by atoms with E-state index in [9.17, 15) is 0 Å². The van der Waals surface area contributed by atoms with Crippen LogP contribution in [0.5, 0.6) is 0 Å². The lowest BCUT2D eigenvalue weighted by atomic mass is 9.91. The predicted octanol–water partition coefficient (Wildman–Crippen LogP) is 2.99. The van der Waals surface area contributed by atoms with E-state index in [2.05, 4.69) is 30.9 Å². The molecule has 3 heteroatoms. The summed E-state index contributed by atoms with van der Waals surface area (Å²) in [5, 5.41) is 0.816. The van der Waals surface area contributed by atoms with Gasteiger partial charge in [0.25, 0.3) is 0 Å². The van der Waals surface area contributed by atoms with E-state index < -0.39 is 0 Å². The minimum absolute atomic E-state index is 0.474. The van der Waals surface area contributed by atoms with Gasteiger partial charge in [0.15, 0.2) is 0 Å². The average molecular weight is 253 g/mol. The van der Waals surface area contributed by atoms with Crippen molar-refractivity contribution in [1.29, 1.82) is 0 Å². The summed E-state index contributed by atoms with van der Waals surface area (Å²) in [7, 11) is 0. The number of nitrogens with two attached hydrogens (primary N) is 1. The predicted molar refractivity (Wildman–Crippen MR) is 73.3 cm³/mol. The minimum atomic E-state index is 0.474. The average Bonchev–Trinajstić information content (AvgIpc) is 2.71. The highest BCUT2D eigenvalue weighted by Crippen LogP contribution is 2.38. The van der Waals surface area contributed by atoms with Gasteiger partial charge in [-0.05, 0) is 62.2 Å². The van der Waals surface area contributed by atoms with Gasteiger partial charge in [0.05, 0.1) is 0 Å². The largest absolute Gasteiger partial charge is 0.330 e. The third kappa shape index (κ3) is 2.49. The van der Waals surface area contributed by atoms with Gasteiger partial charge < -0.3 is 5.73 Å². The highest BCUT2D eigenvalue weighted by molar-refractivity contribution is 6.30. The molecular weight excluding hydrogens is 232 g/mol.